The molecular formula is C15H20N2O2. The number of carbonyl (C=O) groups excluding carboxylic acids is 1. The Hall–Kier alpha value is -1.68. The van der Waals surface area contributed by atoms with E-state index >= 15 is 0 Å². The molecule has 1 aliphatic rings. The topological polar surface area (TPSA) is 52.9 Å². The van der Waals surface area contributed by atoms with E-state index in [1.165, 1.54) is 5.56 Å². The minimum atomic E-state index is -0.142. The van der Waals surface area contributed by atoms with Crippen molar-refractivity contribution in [2.45, 2.75) is 19.8 Å². The zero-order valence-corrected chi connectivity index (χ0v) is 11.2. The van der Waals surface area contributed by atoms with Crippen LogP contribution in [0.25, 0.3) is 0 Å². The lowest BCUT2D eigenvalue weighted by Crippen LogP contribution is -2.22. The molecular weight excluding hydrogens is 240 g/mol. The third-order valence-electron chi connectivity index (χ3n) is 3.34. The number of aryl methyl sites for hydroxylation is 1. The lowest BCUT2D eigenvalue weighted by molar-refractivity contribution is -0.109. The summed E-state index contributed by atoms with van der Waals surface area (Å²) < 4.78 is 0. The monoisotopic (exact) mass is 260 g/mol. The van der Waals surface area contributed by atoms with Crippen LogP contribution in [0.1, 0.15) is 24.0 Å². The number of aliphatic hydroxyl groups excluding tert-OH is 1. The lowest BCUT2D eigenvalue weighted by Gasteiger charge is -2.13. The molecule has 0 radical (unpaired) electrons. The van der Waals surface area contributed by atoms with Crippen molar-refractivity contribution in [1.29, 1.82) is 0 Å². The number of unbranched alkanes of at least 4 members (excludes halogenated alkanes) is 1. The van der Waals surface area contributed by atoms with Gasteiger partial charge < -0.3 is 9.90 Å². The van der Waals surface area contributed by atoms with E-state index in [1.807, 2.05) is 36.2 Å². The normalized spacial score (nSPS) is 18.5. The number of nitrogens with zero attached hydrogens (tertiary/aromatic N) is 2. The number of carbonyl (C=O) groups is 1. The van der Waals surface area contributed by atoms with Gasteiger partial charge in [0.1, 0.15) is 6.29 Å². The zero-order valence-electron chi connectivity index (χ0n) is 11.2. The van der Waals surface area contributed by atoms with Crippen LogP contribution in [-0.2, 0) is 4.79 Å². The third kappa shape index (κ3) is 3.41. The molecule has 0 saturated carbocycles. The first-order valence-electron chi connectivity index (χ1n) is 6.71. The highest BCUT2D eigenvalue weighted by Crippen LogP contribution is 2.19. The average Bonchev–Trinajstić information content (AvgIpc) is 2.83. The molecule has 4 heteroatoms. The minimum Gasteiger partial charge on any atom is -0.396 e. The van der Waals surface area contributed by atoms with Crippen molar-refractivity contribution in [3.05, 3.63) is 35.4 Å². The molecule has 1 unspecified atom stereocenters. The van der Waals surface area contributed by atoms with Gasteiger partial charge in [0.25, 0.3) is 0 Å². The maximum atomic E-state index is 11.2. The molecule has 1 atom stereocenters. The van der Waals surface area contributed by atoms with Crippen LogP contribution in [0, 0.1) is 12.8 Å². The number of hydrogen-bond acceptors (Lipinski definition) is 4. The summed E-state index contributed by atoms with van der Waals surface area (Å²) in [7, 11) is 0. The predicted molar refractivity (Wildman–Crippen MR) is 75.2 cm³/mol. The molecule has 0 bridgehead atoms. The minimum absolute atomic E-state index is 0.142. The summed E-state index contributed by atoms with van der Waals surface area (Å²) in [5, 5.41) is 15.3. The summed E-state index contributed by atoms with van der Waals surface area (Å²) in [5.41, 5.74) is 3.08. The molecule has 1 N–H and O–H groups in total. The van der Waals surface area contributed by atoms with Gasteiger partial charge in [-0.15, -0.1) is 0 Å². The van der Waals surface area contributed by atoms with Crippen LogP contribution in [-0.4, -0.2) is 41.8 Å². The van der Waals surface area contributed by atoms with Crippen molar-refractivity contribution >= 4 is 12.0 Å². The highest BCUT2D eigenvalue weighted by molar-refractivity contribution is 6.09. The number of aldehydes is 1. The maximum absolute atomic E-state index is 11.2. The number of rotatable bonds is 6. The highest BCUT2D eigenvalue weighted by Gasteiger charge is 2.26. The first-order valence-corrected chi connectivity index (χ1v) is 6.71. The maximum Gasteiger partial charge on any atom is 0.130 e. The van der Waals surface area contributed by atoms with Crippen LogP contribution in [0.4, 0.5) is 0 Å². The predicted octanol–water partition coefficient (Wildman–Crippen LogP) is 1.60. The molecule has 0 amide bonds. The molecule has 1 aromatic carbocycles. The van der Waals surface area contributed by atoms with Crippen molar-refractivity contribution in [2.24, 2.45) is 11.0 Å². The molecule has 19 heavy (non-hydrogen) atoms. The van der Waals surface area contributed by atoms with Crippen molar-refractivity contribution in [2.75, 3.05) is 19.7 Å². The summed E-state index contributed by atoms with van der Waals surface area (Å²) in [6, 6.07) is 8.10. The van der Waals surface area contributed by atoms with Crippen molar-refractivity contribution < 1.29 is 9.90 Å². The fraction of sp³-hybridized carbons (Fsp3) is 0.467. The summed E-state index contributed by atoms with van der Waals surface area (Å²) in [6.07, 6.45) is 2.65. The largest absolute Gasteiger partial charge is 0.396 e. The van der Waals surface area contributed by atoms with Crippen LogP contribution in [0.3, 0.4) is 0 Å². The van der Waals surface area contributed by atoms with Gasteiger partial charge in [0.15, 0.2) is 0 Å². The molecule has 0 aromatic heterocycles. The van der Waals surface area contributed by atoms with E-state index in [4.69, 9.17) is 5.11 Å². The Morgan fingerprint density at radius 3 is 2.74 bits per heavy atom. The summed E-state index contributed by atoms with van der Waals surface area (Å²) >= 11 is 0. The van der Waals surface area contributed by atoms with E-state index in [2.05, 4.69) is 5.10 Å². The number of aliphatic hydroxyl groups is 1. The summed E-state index contributed by atoms with van der Waals surface area (Å²) in [5.74, 6) is -0.142. The molecule has 1 aliphatic heterocycles. The van der Waals surface area contributed by atoms with E-state index in [0.717, 1.165) is 36.9 Å². The fourth-order valence-electron chi connectivity index (χ4n) is 2.23. The van der Waals surface area contributed by atoms with E-state index in [-0.39, 0.29) is 12.5 Å². The number of benzene rings is 1. The molecule has 2 rings (SSSR count). The van der Waals surface area contributed by atoms with Gasteiger partial charge in [-0.3, -0.25) is 5.01 Å². The quantitative estimate of drug-likeness (QED) is 0.624. The zero-order chi connectivity index (χ0) is 13.7. The Bertz CT molecular complexity index is 454. The molecule has 0 spiro atoms. The SMILES string of the molecule is Cc1ccc(C2=NN(CCCCO)CC2C=O)cc1. The molecule has 0 saturated heterocycles. The second-order valence-electron chi connectivity index (χ2n) is 4.94. The average molecular weight is 260 g/mol. The van der Waals surface area contributed by atoms with Gasteiger partial charge in [-0.25, -0.2) is 0 Å². The number of hydrazone groups is 1. The van der Waals surface area contributed by atoms with Crippen molar-refractivity contribution in [3.8, 4) is 0 Å². The van der Waals surface area contributed by atoms with Crippen molar-refractivity contribution in [3.63, 3.8) is 0 Å². The van der Waals surface area contributed by atoms with Crippen LogP contribution in [0.2, 0.25) is 0 Å². The molecule has 102 valence electrons. The molecule has 4 nitrogen and oxygen atoms in total. The lowest BCUT2D eigenvalue weighted by atomic mass is 9.98. The van der Waals surface area contributed by atoms with Gasteiger partial charge in [0.2, 0.25) is 0 Å². The summed E-state index contributed by atoms with van der Waals surface area (Å²) in [4.78, 5) is 11.2. The summed E-state index contributed by atoms with van der Waals surface area (Å²) in [6.45, 7) is 3.69. The Labute approximate surface area is 113 Å². The van der Waals surface area contributed by atoms with Crippen LogP contribution in [0.5, 0.6) is 0 Å². The van der Waals surface area contributed by atoms with Crippen LogP contribution >= 0.6 is 0 Å². The van der Waals surface area contributed by atoms with Crippen LogP contribution in [0.15, 0.2) is 29.4 Å². The van der Waals surface area contributed by atoms with Crippen molar-refractivity contribution in [1.82, 2.24) is 5.01 Å². The first-order chi connectivity index (χ1) is 9.24. The third-order valence-corrected chi connectivity index (χ3v) is 3.34. The van der Waals surface area contributed by atoms with E-state index in [9.17, 15) is 4.79 Å². The van der Waals surface area contributed by atoms with Gasteiger partial charge >= 0.3 is 0 Å². The Kier molecular flexibility index (Phi) is 4.68. The fourth-order valence-corrected chi connectivity index (χ4v) is 2.23. The highest BCUT2D eigenvalue weighted by atomic mass is 16.2. The second-order valence-corrected chi connectivity index (χ2v) is 4.94. The van der Waals surface area contributed by atoms with Gasteiger partial charge in [0.05, 0.1) is 18.2 Å². The van der Waals surface area contributed by atoms with Gasteiger partial charge in [0, 0.05) is 13.2 Å². The number of hydrogen-bond donors (Lipinski definition) is 1. The Morgan fingerprint density at radius 2 is 2.11 bits per heavy atom. The Morgan fingerprint density at radius 1 is 1.37 bits per heavy atom. The van der Waals surface area contributed by atoms with E-state index in [0.29, 0.717) is 6.54 Å². The van der Waals surface area contributed by atoms with Crippen LogP contribution < -0.4 is 0 Å². The standard InChI is InChI=1S/C15H20N2O2/c1-12-4-6-13(7-5-12)15-14(11-19)10-17(16-15)8-2-3-9-18/h4-7,11,14,18H,2-3,8-10H2,1H3. The molecule has 0 fully saturated rings. The van der Waals surface area contributed by atoms with E-state index in [1.54, 1.807) is 0 Å². The van der Waals surface area contributed by atoms with E-state index < -0.39 is 0 Å². The second kappa shape index (κ2) is 6.48. The molecule has 1 heterocycles. The smallest absolute Gasteiger partial charge is 0.130 e. The Balaban J connectivity index is 2.09. The van der Waals surface area contributed by atoms with Gasteiger partial charge in [-0.2, -0.15) is 5.10 Å². The first kappa shape index (κ1) is 13.7. The molecule has 0 aliphatic carbocycles. The van der Waals surface area contributed by atoms with Gasteiger partial charge in [-0.05, 0) is 25.3 Å². The van der Waals surface area contributed by atoms with Gasteiger partial charge in [-0.1, -0.05) is 29.8 Å². The molecule has 1 aromatic rings.